The molecule has 4 heterocycles. The van der Waals surface area contributed by atoms with E-state index in [1.807, 2.05) is 36.4 Å². The number of fused-ring (bicyclic) bond motifs is 2. The zero-order chi connectivity index (χ0) is 30.2. The van der Waals surface area contributed by atoms with Crippen LogP contribution in [0.15, 0.2) is 54.7 Å². The number of ether oxygens (including phenoxy) is 1. The van der Waals surface area contributed by atoms with Crippen LogP contribution in [-0.4, -0.2) is 58.6 Å². The molecule has 3 aliphatic heterocycles. The molecule has 2 bridgehead atoms. The van der Waals surface area contributed by atoms with Crippen molar-refractivity contribution in [2.45, 2.75) is 94.5 Å². The molecule has 1 aromatic heterocycles. The molecular weight excluding hydrogens is 554 g/mol. The minimum absolute atomic E-state index is 0.0262. The van der Waals surface area contributed by atoms with Gasteiger partial charge < -0.3 is 31.3 Å². The monoisotopic (exact) mass is 595 g/mol. The molecule has 2 aromatic carbocycles. The van der Waals surface area contributed by atoms with Gasteiger partial charge in [-0.15, -0.1) is 0 Å². The van der Waals surface area contributed by atoms with Crippen LogP contribution in [0.25, 0.3) is 0 Å². The maximum absolute atomic E-state index is 13.1. The van der Waals surface area contributed by atoms with E-state index in [1.54, 1.807) is 6.20 Å². The number of hydrogen-bond acceptors (Lipinski definition) is 8. The Morgan fingerprint density at radius 1 is 0.977 bits per heavy atom. The van der Waals surface area contributed by atoms with Crippen molar-refractivity contribution in [3.05, 3.63) is 71.5 Å². The summed E-state index contributed by atoms with van der Waals surface area (Å²) in [5, 5.41) is 10.1. The van der Waals surface area contributed by atoms with E-state index in [9.17, 15) is 9.59 Å². The van der Waals surface area contributed by atoms with E-state index in [4.69, 9.17) is 15.5 Å². The molecule has 1 aliphatic carbocycles. The molecule has 7 rings (SSSR count). The highest BCUT2D eigenvalue weighted by atomic mass is 16.5. The summed E-state index contributed by atoms with van der Waals surface area (Å²) in [7, 11) is 0. The molecule has 2 amide bonds. The fourth-order valence-electron chi connectivity index (χ4n) is 7.07. The first kappa shape index (κ1) is 28.6. The van der Waals surface area contributed by atoms with Gasteiger partial charge in [0.2, 0.25) is 0 Å². The first-order chi connectivity index (χ1) is 21.4. The average Bonchev–Trinajstić information content (AvgIpc) is 3.82. The fraction of sp³-hybridized carbons (Fsp3) is 0.471. The summed E-state index contributed by atoms with van der Waals surface area (Å²) in [6.07, 6.45) is 10.6. The Kier molecular flexibility index (Phi) is 7.84. The van der Waals surface area contributed by atoms with Crippen LogP contribution in [0.1, 0.15) is 90.6 Å². The maximum Gasteiger partial charge on any atom is 0.271 e. The van der Waals surface area contributed by atoms with E-state index in [0.717, 1.165) is 43.7 Å². The van der Waals surface area contributed by atoms with E-state index in [1.165, 1.54) is 31.2 Å². The third kappa shape index (κ3) is 6.22. The van der Waals surface area contributed by atoms with Crippen LogP contribution in [0.4, 0.5) is 17.3 Å². The molecule has 2 unspecified atom stereocenters. The summed E-state index contributed by atoms with van der Waals surface area (Å²) in [5.74, 6) is 1.69. The van der Waals surface area contributed by atoms with Crippen LogP contribution >= 0.6 is 0 Å². The third-order valence-corrected chi connectivity index (χ3v) is 9.66. The molecular formula is C34H41N7O3. The number of nitrogens with one attached hydrogen (secondary N) is 3. The van der Waals surface area contributed by atoms with Crippen LogP contribution < -0.4 is 31.3 Å². The number of hydrogen-bond donors (Lipinski definition) is 4. The largest absolute Gasteiger partial charge is 0.490 e. The van der Waals surface area contributed by atoms with E-state index in [0.29, 0.717) is 35.2 Å². The van der Waals surface area contributed by atoms with Gasteiger partial charge in [-0.05, 0) is 106 Å². The number of nitrogens with zero attached hydrogens (tertiary/aromatic N) is 3. The molecule has 4 aliphatic rings. The summed E-state index contributed by atoms with van der Waals surface area (Å²) in [5.41, 5.74) is 8.49. The van der Waals surface area contributed by atoms with Crippen LogP contribution in [0.2, 0.25) is 0 Å². The Balaban J connectivity index is 1.02. The fourth-order valence-corrected chi connectivity index (χ4v) is 7.07. The summed E-state index contributed by atoms with van der Waals surface area (Å²) in [4.78, 5) is 36.7. The van der Waals surface area contributed by atoms with Gasteiger partial charge in [0, 0.05) is 42.0 Å². The molecule has 10 nitrogen and oxygen atoms in total. The van der Waals surface area contributed by atoms with Crippen molar-refractivity contribution < 1.29 is 14.3 Å². The van der Waals surface area contributed by atoms with Crippen LogP contribution in [0.5, 0.6) is 5.75 Å². The molecule has 4 atom stereocenters. The third-order valence-electron chi connectivity index (χ3n) is 9.66. The quantitative estimate of drug-likeness (QED) is 0.281. The Morgan fingerprint density at radius 2 is 1.70 bits per heavy atom. The second kappa shape index (κ2) is 12.1. The molecule has 4 fully saturated rings. The lowest BCUT2D eigenvalue weighted by Gasteiger charge is -2.40. The lowest BCUT2D eigenvalue weighted by Crippen LogP contribution is -2.54. The van der Waals surface area contributed by atoms with E-state index < -0.39 is 5.91 Å². The zero-order valence-corrected chi connectivity index (χ0v) is 25.2. The number of benzene rings is 2. The zero-order valence-electron chi connectivity index (χ0n) is 25.2. The number of anilines is 3. The van der Waals surface area contributed by atoms with E-state index in [-0.39, 0.29) is 29.8 Å². The number of aromatic nitrogens is 2. The van der Waals surface area contributed by atoms with Crippen molar-refractivity contribution in [1.29, 1.82) is 0 Å². The molecule has 0 spiro atoms. The Hall–Kier alpha value is -4.18. The lowest BCUT2D eigenvalue weighted by atomic mass is 9.97. The maximum atomic E-state index is 13.1. The van der Waals surface area contributed by atoms with Gasteiger partial charge in [-0.25, -0.2) is 9.97 Å². The summed E-state index contributed by atoms with van der Waals surface area (Å²) >= 11 is 0. The molecule has 5 N–H and O–H groups in total. The molecule has 44 heavy (non-hydrogen) atoms. The smallest absolute Gasteiger partial charge is 0.271 e. The van der Waals surface area contributed by atoms with Crippen LogP contribution in [0, 0.1) is 0 Å². The van der Waals surface area contributed by atoms with Crippen molar-refractivity contribution in [3.8, 4) is 5.75 Å². The topological polar surface area (TPSA) is 134 Å². The highest BCUT2D eigenvalue weighted by Crippen LogP contribution is 2.40. The number of nitrogens with two attached hydrogens (primary N) is 1. The van der Waals surface area contributed by atoms with Gasteiger partial charge in [-0.3, -0.25) is 9.59 Å². The summed E-state index contributed by atoms with van der Waals surface area (Å²) in [6.45, 7) is 2.85. The van der Waals surface area contributed by atoms with E-state index in [2.05, 4.69) is 44.9 Å². The minimum atomic E-state index is -0.656. The average molecular weight is 596 g/mol. The molecule has 3 aromatic rings. The second-order valence-corrected chi connectivity index (χ2v) is 12.8. The van der Waals surface area contributed by atoms with Gasteiger partial charge in [0.15, 0.2) is 11.5 Å². The summed E-state index contributed by atoms with van der Waals surface area (Å²) < 4.78 is 6.29. The standard InChI is InChI=1S/C34H41N7O3/c1-20-29(39-34(43)23-8-6-22(7-9-23)21-4-5-21)3-2-16-41(20)30-19-36-31(32(35)42)33(40-30)38-24-12-14-27(15-13-24)44-28-17-25-10-11-26(18-28)37-25/h6-9,12-15,19-21,25-26,28-29,37H,2-5,10-11,16-18H2,1H3,(H2,35,42)(H,38,40)(H,39,43)/t20-,25?,26?,28?,29-/m1/s1. The second-order valence-electron chi connectivity index (χ2n) is 12.8. The van der Waals surface area contributed by atoms with Crippen molar-refractivity contribution in [3.63, 3.8) is 0 Å². The molecule has 0 radical (unpaired) electrons. The van der Waals surface area contributed by atoms with Gasteiger partial charge in [-0.1, -0.05) is 12.1 Å². The van der Waals surface area contributed by atoms with Crippen LogP contribution in [0.3, 0.4) is 0 Å². The SMILES string of the molecule is C[C@@H]1[C@H](NC(=O)c2ccc(C3CC3)cc2)CCCN1c1cnc(C(N)=O)c(Nc2ccc(OC3CC4CCC(C3)N4)cc2)n1. The Morgan fingerprint density at radius 3 is 2.39 bits per heavy atom. The predicted octanol–water partition coefficient (Wildman–Crippen LogP) is 4.65. The first-order valence-corrected chi connectivity index (χ1v) is 16.0. The van der Waals surface area contributed by atoms with Gasteiger partial charge >= 0.3 is 0 Å². The van der Waals surface area contributed by atoms with E-state index >= 15 is 0 Å². The van der Waals surface area contributed by atoms with Gasteiger partial charge in [0.05, 0.1) is 6.20 Å². The number of primary amides is 1. The Bertz CT molecular complexity index is 1500. The highest BCUT2D eigenvalue weighted by molar-refractivity contribution is 5.96. The number of amides is 2. The predicted molar refractivity (Wildman–Crippen MR) is 170 cm³/mol. The molecule has 10 heteroatoms. The normalized spacial score (nSPS) is 26.2. The first-order valence-electron chi connectivity index (χ1n) is 16.0. The number of carbonyl (C=O) groups is 2. The number of piperidine rings is 2. The summed E-state index contributed by atoms with van der Waals surface area (Å²) in [6, 6.07) is 16.8. The number of carbonyl (C=O) groups excluding carboxylic acids is 2. The number of rotatable bonds is 9. The lowest BCUT2D eigenvalue weighted by molar-refractivity contribution is 0.0923. The van der Waals surface area contributed by atoms with Crippen LogP contribution in [-0.2, 0) is 0 Å². The van der Waals surface area contributed by atoms with Crippen molar-refractivity contribution in [1.82, 2.24) is 20.6 Å². The molecule has 1 saturated carbocycles. The van der Waals surface area contributed by atoms with Crippen molar-refractivity contribution in [2.75, 3.05) is 16.8 Å². The highest BCUT2D eigenvalue weighted by Gasteiger charge is 2.35. The van der Waals surface area contributed by atoms with Crippen molar-refractivity contribution in [2.24, 2.45) is 5.73 Å². The van der Waals surface area contributed by atoms with Gasteiger partial charge in [0.1, 0.15) is 17.7 Å². The van der Waals surface area contributed by atoms with Gasteiger partial charge in [-0.2, -0.15) is 0 Å². The van der Waals surface area contributed by atoms with Gasteiger partial charge in [0.25, 0.3) is 11.8 Å². The Labute approximate surface area is 258 Å². The minimum Gasteiger partial charge on any atom is -0.490 e. The van der Waals surface area contributed by atoms with Crippen molar-refractivity contribution >= 4 is 29.1 Å². The molecule has 3 saturated heterocycles. The molecule has 230 valence electrons.